The Balaban J connectivity index is 2.30. The van der Waals surface area contributed by atoms with Crippen LogP contribution in [0.2, 0.25) is 5.02 Å². The topological polar surface area (TPSA) is 61.7 Å². The molecule has 1 amide bonds. The molecule has 0 aliphatic heterocycles. The highest BCUT2D eigenvalue weighted by molar-refractivity contribution is 9.10. The van der Waals surface area contributed by atoms with E-state index in [0.717, 1.165) is 0 Å². The first-order chi connectivity index (χ1) is 10.0. The van der Waals surface area contributed by atoms with Gasteiger partial charge in [-0.2, -0.15) is 0 Å². The number of para-hydroxylation sites is 1. The van der Waals surface area contributed by atoms with Crippen molar-refractivity contribution in [2.45, 2.75) is 6.92 Å². The minimum Gasteiger partial charge on any atom is -0.411 e. The number of oxime groups is 1. The molecular formula is C15H12BrClN2O2. The maximum absolute atomic E-state index is 12.3. The van der Waals surface area contributed by atoms with Gasteiger partial charge >= 0.3 is 0 Å². The van der Waals surface area contributed by atoms with Crippen LogP contribution in [0.25, 0.3) is 0 Å². The summed E-state index contributed by atoms with van der Waals surface area (Å²) in [5.74, 6) is -0.273. The summed E-state index contributed by atoms with van der Waals surface area (Å²) < 4.78 is 0.651. The van der Waals surface area contributed by atoms with Gasteiger partial charge in [-0.3, -0.25) is 4.79 Å². The molecule has 0 aliphatic carbocycles. The number of amides is 1. The molecule has 0 unspecified atom stereocenters. The van der Waals surface area contributed by atoms with E-state index in [1.807, 2.05) is 0 Å². The van der Waals surface area contributed by atoms with E-state index in [1.165, 1.54) is 0 Å². The van der Waals surface area contributed by atoms with Crippen molar-refractivity contribution in [2.24, 2.45) is 5.16 Å². The van der Waals surface area contributed by atoms with E-state index in [-0.39, 0.29) is 5.91 Å². The molecule has 21 heavy (non-hydrogen) atoms. The number of nitrogens with zero attached hydrogens (tertiary/aromatic N) is 1. The Hall–Kier alpha value is -1.85. The quantitative estimate of drug-likeness (QED) is 0.475. The number of anilines is 1. The number of benzene rings is 2. The Morgan fingerprint density at radius 1 is 1.29 bits per heavy atom. The fourth-order valence-electron chi connectivity index (χ4n) is 1.79. The summed E-state index contributed by atoms with van der Waals surface area (Å²) in [5, 5.41) is 15.4. The van der Waals surface area contributed by atoms with E-state index in [4.69, 9.17) is 16.8 Å². The van der Waals surface area contributed by atoms with Gasteiger partial charge in [-0.05, 0) is 47.1 Å². The Morgan fingerprint density at radius 3 is 2.67 bits per heavy atom. The third kappa shape index (κ3) is 3.62. The van der Waals surface area contributed by atoms with E-state index in [0.29, 0.717) is 32.0 Å². The van der Waals surface area contributed by atoms with E-state index in [1.54, 1.807) is 49.4 Å². The third-order valence-corrected chi connectivity index (χ3v) is 4.11. The van der Waals surface area contributed by atoms with Crippen molar-refractivity contribution in [3.05, 3.63) is 63.1 Å². The molecular weight excluding hydrogens is 356 g/mol. The summed E-state index contributed by atoms with van der Waals surface area (Å²) in [4.78, 5) is 12.3. The Kier molecular flexibility index (Phi) is 4.98. The second-order valence-corrected chi connectivity index (χ2v) is 5.58. The minimum atomic E-state index is -0.273. The van der Waals surface area contributed by atoms with Crippen LogP contribution in [0.1, 0.15) is 22.8 Å². The van der Waals surface area contributed by atoms with Gasteiger partial charge in [0, 0.05) is 15.6 Å². The van der Waals surface area contributed by atoms with Crippen LogP contribution >= 0.6 is 27.5 Å². The molecule has 0 saturated heterocycles. The molecule has 2 N–H and O–H groups in total. The maximum Gasteiger partial charge on any atom is 0.255 e. The van der Waals surface area contributed by atoms with Crippen LogP contribution < -0.4 is 5.32 Å². The summed E-state index contributed by atoms with van der Waals surface area (Å²) in [6.45, 7) is 1.66. The number of halogens is 2. The second-order valence-electron chi connectivity index (χ2n) is 4.31. The summed E-state index contributed by atoms with van der Waals surface area (Å²) >= 11 is 9.19. The van der Waals surface area contributed by atoms with Gasteiger partial charge in [-0.15, -0.1) is 0 Å². The molecule has 2 aromatic carbocycles. The zero-order valence-corrected chi connectivity index (χ0v) is 13.4. The monoisotopic (exact) mass is 366 g/mol. The number of carbonyl (C=O) groups is 1. The molecule has 0 spiro atoms. The highest BCUT2D eigenvalue weighted by atomic mass is 79.9. The van der Waals surface area contributed by atoms with Crippen LogP contribution in [0, 0.1) is 0 Å². The number of carbonyl (C=O) groups excluding carboxylic acids is 1. The smallest absolute Gasteiger partial charge is 0.255 e. The molecule has 2 rings (SSSR count). The predicted octanol–water partition coefficient (Wildman–Crippen LogP) is 4.55. The molecule has 0 saturated carbocycles. The van der Waals surface area contributed by atoms with Crippen molar-refractivity contribution in [1.29, 1.82) is 0 Å². The average Bonchev–Trinajstić information content (AvgIpc) is 2.49. The number of rotatable bonds is 3. The van der Waals surface area contributed by atoms with Crippen molar-refractivity contribution in [1.82, 2.24) is 0 Å². The Bertz CT molecular complexity index is 717. The highest BCUT2D eigenvalue weighted by Crippen LogP contribution is 2.24. The Morgan fingerprint density at radius 2 is 2.00 bits per heavy atom. The zero-order valence-electron chi connectivity index (χ0n) is 11.1. The average molecular weight is 368 g/mol. The van der Waals surface area contributed by atoms with Gasteiger partial charge in [0.15, 0.2) is 0 Å². The molecule has 108 valence electrons. The van der Waals surface area contributed by atoms with Crippen molar-refractivity contribution in [3.8, 4) is 0 Å². The molecule has 0 aromatic heterocycles. The van der Waals surface area contributed by atoms with Crippen LogP contribution in [-0.2, 0) is 0 Å². The summed E-state index contributed by atoms with van der Waals surface area (Å²) in [5.41, 5.74) is 2.12. The van der Waals surface area contributed by atoms with E-state index < -0.39 is 0 Å². The van der Waals surface area contributed by atoms with Crippen molar-refractivity contribution in [2.75, 3.05) is 5.32 Å². The molecule has 2 aromatic rings. The zero-order chi connectivity index (χ0) is 15.4. The van der Waals surface area contributed by atoms with Crippen LogP contribution in [0.15, 0.2) is 52.1 Å². The van der Waals surface area contributed by atoms with Crippen LogP contribution in [-0.4, -0.2) is 16.8 Å². The largest absolute Gasteiger partial charge is 0.411 e. The van der Waals surface area contributed by atoms with Gasteiger partial charge in [-0.1, -0.05) is 35.0 Å². The first kappa shape index (κ1) is 15.5. The standard InChI is InChI=1S/C15H12BrClN2O2/c1-9(19-21)11-4-2-3-5-14(11)18-15(20)10-6-7-13(17)12(16)8-10/h2-8,21H,1H3,(H,18,20)/b19-9-. The Labute approximate surface area is 135 Å². The molecule has 0 atom stereocenters. The van der Waals surface area contributed by atoms with Gasteiger partial charge in [0.05, 0.1) is 16.4 Å². The molecule has 0 radical (unpaired) electrons. The van der Waals surface area contributed by atoms with Gasteiger partial charge in [-0.25, -0.2) is 0 Å². The lowest BCUT2D eigenvalue weighted by atomic mass is 10.1. The lowest BCUT2D eigenvalue weighted by Gasteiger charge is -2.10. The van der Waals surface area contributed by atoms with Crippen molar-refractivity contribution < 1.29 is 10.0 Å². The fourth-order valence-corrected chi connectivity index (χ4v) is 2.29. The number of nitrogens with one attached hydrogen (secondary N) is 1. The molecule has 0 aliphatic rings. The minimum absolute atomic E-state index is 0.273. The highest BCUT2D eigenvalue weighted by Gasteiger charge is 2.11. The molecule has 0 fully saturated rings. The molecule has 6 heteroatoms. The lowest BCUT2D eigenvalue weighted by Crippen LogP contribution is -2.14. The first-order valence-corrected chi connectivity index (χ1v) is 7.24. The summed E-state index contributed by atoms with van der Waals surface area (Å²) in [6, 6.07) is 12.0. The number of hydrogen-bond acceptors (Lipinski definition) is 3. The van der Waals surface area contributed by atoms with Gasteiger partial charge in [0.25, 0.3) is 5.91 Å². The molecule has 0 heterocycles. The van der Waals surface area contributed by atoms with Crippen LogP contribution in [0.3, 0.4) is 0 Å². The van der Waals surface area contributed by atoms with E-state index >= 15 is 0 Å². The van der Waals surface area contributed by atoms with Crippen molar-refractivity contribution >= 4 is 44.8 Å². The lowest BCUT2D eigenvalue weighted by molar-refractivity contribution is 0.102. The molecule has 4 nitrogen and oxygen atoms in total. The predicted molar refractivity (Wildman–Crippen MR) is 87.5 cm³/mol. The maximum atomic E-state index is 12.3. The third-order valence-electron chi connectivity index (χ3n) is 2.90. The van der Waals surface area contributed by atoms with E-state index in [2.05, 4.69) is 26.4 Å². The van der Waals surface area contributed by atoms with Crippen molar-refractivity contribution in [3.63, 3.8) is 0 Å². The van der Waals surface area contributed by atoms with Gasteiger partial charge in [0.1, 0.15) is 0 Å². The van der Waals surface area contributed by atoms with Crippen LogP contribution in [0.5, 0.6) is 0 Å². The van der Waals surface area contributed by atoms with Gasteiger partial charge in [0.2, 0.25) is 0 Å². The van der Waals surface area contributed by atoms with Crippen LogP contribution in [0.4, 0.5) is 5.69 Å². The first-order valence-electron chi connectivity index (χ1n) is 6.07. The fraction of sp³-hybridized carbons (Fsp3) is 0.0667. The SMILES string of the molecule is C/C(=N/O)c1ccccc1NC(=O)c1ccc(Cl)c(Br)c1. The van der Waals surface area contributed by atoms with Gasteiger partial charge < -0.3 is 10.5 Å². The normalized spacial score (nSPS) is 11.3. The molecule has 0 bridgehead atoms. The number of hydrogen-bond donors (Lipinski definition) is 2. The summed E-state index contributed by atoms with van der Waals surface area (Å²) in [7, 11) is 0. The second kappa shape index (κ2) is 6.74. The summed E-state index contributed by atoms with van der Waals surface area (Å²) in [6.07, 6.45) is 0. The van der Waals surface area contributed by atoms with E-state index in [9.17, 15) is 4.79 Å².